The summed E-state index contributed by atoms with van der Waals surface area (Å²) in [6.45, 7) is 0. The van der Waals surface area contributed by atoms with Crippen LogP contribution in [0.3, 0.4) is 0 Å². The second-order valence-electron chi connectivity index (χ2n) is 4.35. The molecule has 3 heteroatoms. The molecule has 0 bridgehead atoms. The van der Waals surface area contributed by atoms with Crippen LogP contribution in [-0.2, 0) is 0 Å². The van der Waals surface area contributed by atoms with Crippen molar-refractivity contribution in [2.75, 3.05) is 0 Å². The van der Waals surface area contributed by atoms with Gasteiger partial charge in [-0.05, 0) is 28.3 Å². The van der Waals surface area contributed by atoms with Crippen molar-refractivity contribution in [2.45, 2.75) is 0 Å². The maximum absolute atomic E-state index is 11.6. The van der Waals surface area contributed by atoms with Crippen molar-refractivity contribution < 1.29 is 4.79 Å². The van der Waals surface area contributed by atoms with E-state index in [1.54, 1.807) is 12.4 Å². The van der Waals surface area contributed by atoms with Crippen LogP contribution in [0.4, 0.5) is 0 Å². The zero-order valence-corrected chi connectivity index (χ0v) is 9.42. The van der Waals surface area contributed by atoms with Gasteiger partial charge >= 0.3 is 0 Å². The van der Waals surface area contributed by atoms with Gasteiger partial charge in [-0.25, -0.2) is 4.99 Å². The Morgan fingerprint density at radius 1 is 0.889 bits per heavy atom. The van der Waals surface area contributed by atoms with Crippen molar-refractivity contribution in [3.05, 3.63) is 53.9 Å². The molecule has 1 aliphatic heterocycles. The van der Waals surface area contributed by atoms with Gasteiger partial charge in [-0.2, -0.15) is 0 Å². The van der Waals surface area contributed by atoms with Gasteiger partial charge in [-0.1, -0.05) is 18.2 Å². The summed E-state index contributed by atoms with van der Waals surface area (Å²) in [7, 11) is 0. The molecule has 2 aromatic carbocycles. The zero-order chi connectivity index (χ0) is 12.1. The number of carbonyl (C=O) groups is 1. The standard InChI is InChI=1S/C15H8N2O/c18-15-12-4-3-10-11(14(12)8-17-15)2-1-9-5-6-16-7-13(9)10/h1-8H. The van der Waals surface area contributed by atoms with Gasteiger partial charge in [0.2, 0.25) is 0 Å². The average Bonchev–Trinajstić information content (AvgIpc) is 2.80. The van der Waals surface area contributed by atoms with E-state index in [4.69, 9.17) is 0 Å². The van der Waals surface area contributed by atoms with E-state index in [9.17, 15) is 4.79 Å². The van der Waals surface area contributed by atoms with Crippen LogP contribution in [0.25, 0.3) is 21.5 Å². The molecular weight excluding hydrogens is 224 g/mol. The van der Waals surface area contributed by atoms with Crippen molar-refractivity contribution >= 4 is 33.7 Å². The lowest BCUT2D eigenvalue weighted by Gasteiger charge is -2.06. The Kier molecular flexibility index (Phi) is 1.70. The van der Waals surface area contributed by atoms with Crippen LogP contribution in [0, 0.1) is 0 Å². The molecule has 0 N–H and O–H groups in total. The molecule has 84 valence electrons. The Bertz CT molecular complexity index is 850. The van der Waals surface area contributed by atoms with E-state index in [0.717, 1.165) is 27.1 Å². The van der Waals surface area contributed by atoms with E-state index >= 15 is 0 Å². The Morgan fingerprint density at radius 3 is 2.72 bits per heavy atom. The monoisotopic (exact) mass is 232 g/mol. The van der Waals surface area contributed by atoms with Crippen LogP contribution < -0.4 is 0 Å². The van der Waals surface area contributed by atoms with Crippen molar-refractivity contribution in [3.63, 3.8) is 0 Å². The third-order valence-electron chi connectivity index (χ3n) is 3.40. The van der Waals surface area contributed by atoms with E-state index in [-0.39, 0.29) is 5.91 Å². The molecule has 1 aliphatic rings. The quantitative estimate of drug-likeness (QED) is 0.559. The molecule has 18 heavy (non-hydrogen) atoms. The molecular formula is C15H8N2O. The summed E-state index contributed by atoms with van der Waals surface area (Å²) in [4.78, 5) is 19.6. The van der Waals surface area contributed by atoms with Crippen LogP contribution >= 0.6 is 0 Å². The molecule has 0 atom stereocenters. The number of aliphatic imine (C=N–C) groups is 1. The number of hydrogen-bond donors (Lipinski definition) is 0. The second-order valence-corrected chi connectivity index (χ2v) is 4.35. The minimum absolute atomic E-state index is 0.154. The van der Waals surface area contributed by atoms with Gasteiger partial charge in [0.25, 0.3) is 5.91 Å². The average molecular weight is 232 g/mol. The molecule has 0 radical (unpaired) electrons. The third-order valence-corrected chi connectivity index (χ3v) is 3.40. The van der Waals surface area contributed by atoms with Crippen molar-refractivity contribution in [1.82, 2.24) is 4.98 Å². The third kappa shape index (κ3) is 1.10. The number of benzene rings is 2. The summed E-state index contributed by atoms with van der Waals surface area (Å²) in [5, 5.41) is 4.42. The van der Waals surface area contributed by atoms with E-state index < -0.39 is 0 Å². The molecule has 0 spiro atoms. The summed E-state index contributed by atoms with van der Waals surface area (Å²) < 4.78 is 0. The largest absolute Gasteiger partial charge is 0.277 e. The normalized spacial score (nSPS) is 13.4. The number of nitrogens with zero attached hydrogens (tertiary/aromatic N) is 2. The first-order valence-electron chi connectivity index (χ1n) is 5.72. The summed E-state index contributed by atoms with van der Waals surface area (Å²) in [6.07, 6.45) is 5.30. The number of hydrogen-bond acceptors (Lipinski definition) is 2. The maximum Gasteiger partial charge on any atom is 0.277 e. The fourth-order valence-corrected chi connectivity index (χ4v) is 2.52. The Morgan fingerprint density at radius 2 is 1.78 bits per heavy atom. The minimum Gasteiger partial charge on any atom is -0.267 e. The van der Waals surface area contributed by atoms with Crippen LogP contribution in [0.1, 0.15) is 15.9 Å². The molecule has 0 saturated heterocycles. The minimum atomic E-state index is -0.154. The predicted octanol–water partition coefficient (Wildman–Crippen LogP) is 2.96. The lowest BCUT2D eigenvalue weighted by molar-refractivity contribution is 0.101. The van der Waals surface area contributed by atoms with E-state index in [2.05, 4.69) is 16.0 Å². The molecule has 1 aromatic heterocycles. The van der Waals surface area contributed by atoms with E-state index in [0.29, 0.717) is 5.56 Å². The second kappa shape index (κ2) is 3.23. The fraction of sp³-hybridized carbons (Fsp3) is 0. The first kappa shape index (κ1) is 9.48. The summed E-state index contributed by atoms with van der Waals surface area (Å²) in [5.74, 6) is -0.154. The topological polar surface area (TPSA) is 42.3 Å². The van der Waals surface area contributed by atoms with E-state index in [1.807, 2.05) is 30.5 Å². The molecule has 0 unspecified atom stereocenters. The molecule has 0 aliphatic carbocycles. The number of fused-ring (bicyclic) bond motifs is 5. The van der Waals surface area contributed by atoms with Gasteiger partial charge < -0.3 is 0 Å². The number of pyridine rings is 1. The molecule has 0 saturated carbocycles. The van der Waals surface area contributed by atoms with Gasteiger partial charge in [0.15, 0.2) is 0 Å². The van der Waals surface area contributed by atoms with Crippen LogP contribution in [0.5, 0.6) is 0 Å². The Hall–Kier alpha value is -2.55. The van der Waals surface area contributed by atoms with Crippen LogP contribution in [-0.4, -0.2) is 17.1 Å². The highest BCUT2D eigenvalue weighted by molar-refractivity contribution is 6.22. The first-order chi connectivity index (χ1) is 8.84. The zero-order valence-electron chi connectivity index (χ0n) is 9.42. The van der Waals surface area contributed by atoms with Crippen molar-refractivity contribution in [2.24, 2.45) is 4.99 Å². The SMILES string of the molecule is O=C1N=Cc2c1ccc1c2ccc2ccncc21. The molecule has 3 nitrogen and oxygen atoms in total. The van der Waals surface area contributed by atoms with Gasteiger partial charge in [0, 0.05) is 29.6 Å². The molecule has 1 amide bonds. The summed E-state index contributed by atoms with van der Waals surface area (Å²) >= 11 is 0. The molecule has 2 heterocycles. The number of rotatable bonds is 0. The number of carbonyl (C=O) groups excluding carboxylic acids is 1. The Balaban J connectivity index is 2.24. The van der Waals surface area contributed by atoms with Gasteiger partial charge in [-0.15, -0.1) is 0 Å². The molecule has 4 rings (SSSR count). The van der Waals surface area contributed by atoms with Gasteiger partial charge in [0.1, 0.15) is 0 Å². The highest BCUT2D eigenvalue weighted by atomic mass is 16.1. The van der Waals surface area contributed by atoms with Crippen molar-refractivity contribution in [1.29, 1.82) is 0 Å². The number of amides is 1. The first-order valence-corrected chi connectivity index (χ1v) is 5.72. The highest BCUT2D eigenvalue weighted by Crippen LogP contribution is 2.30. The lowest BCUT2D eigenvalue weighted by atomic mass is 9.97. The number of aromatic nitrogens is 1. The summed E-state index contributed by atoms with van der Waals surface area (Å²) in [6, 6.07) is 9.91. The van der Waals surface area contributed by atoms with Gasteiger partial charge in [-0.3, -0.25) is 9.78 Å². The fourth-order valence-electron chi connectivity index (χ4n) is 2.52. The van der Waals surface area contributed by atoms with Crippen LogP contribution in [0.15, 0.2) is 47.7 Å². The Labute approximate surface area is 103 Å². The summed E-state index contributed by atoms with van der Waals surface area (Å²) in [5.41, 5.74) is 1.61. The smallest absolute Gasteiger partial charge is 0.267 e. The lowest BCUT2D eigenvalue weighted by Crippen LogP contribution is -1.92. The highest BCUT2D eigenvalue weighted by Gasteiger charge is 2.18. The molecule has 0 fully saturated rings. The van der Waals surface area contributed by atoms with Crippen molar-refractivity contribution in [3.8, 4) is 0 Å². The van der Waals surface area contributed by atoms with E-state index in [1.165, 1.54) is 0 Å². The van der Waals surface area contributed by atoms with Gasteiger partial charge in [0.05, 0.1) is 5.56 Å². The molecule has 3 aromatic rings. The predicted molar refractivity (Wildman–Crippen MR) is 71.2 cm³/mol. The maximum atomic E-state index is 11.6. The van der Waals surface area contributed by atoms with Crippen LogP contribution in [0.2, 0.25) is 0 Å².